The average Bonchev–Trinajstić information content (AvgIpc) is 3.44. The first kappa shape index (κ1) is 22.1. The van der Waals surface area contributed by atoms with E-state index in [1.807, 2.05) is 19.1 Å². The van der Waals surface area contributed by atoms with E-state index >= 15 is 0 Å². The normalized spacial score (nSPS) is 16.2. The molecule has 1 fully saturated rings. The molecule has 5 rings (SSSR count). The maximum absolute atomic E-state index is 13.6. The van der Waals surface area contributed by atoms with E-state index < -0.39 is 11.9 Å². The molecule has 10 nitrogen and oxygen atoms in total. The van der Waals surface area contributed by atoms with E-state index in [0.29, 0.717) is 30.1 Å². The van der Waals surface area contributed by atoms with Crippen LogP contribution in [0, 0.1) is 6.92 Å². The van der Waals surface area contributed by atoms with E-state index in [2.05, 4.69) is 32.8 Å². The molecule has 1 aliphatic rings. The van der Waals surface area contributed by atoms with Gasteiger partial charge in [-0.3, -0.25) is 9.59 Å². The van der Waals surface area contributed by atoms with Crippen LogP contribution in [-0.4, -0.2) is 71.1 Å². The third-order valence-corrected chi connectivity index (χ3v) is 7.23. The van der Waals surface area contributed by atoms with Gasteiger partial charge in [-0.2, -0.15) is 5.10 Å². The van der Waals surface area contributed by atoms with Gasteiger partial charge in [0.1, 0.15) is 29.3 Å². The minimum absolute atomic E-state index is 0.208. The molecule has 2 amide bonds. The number of benzene rings is 1. The van der Waals surface area contributed by atoms with Crippen LogP contribution in [0.5, 0.6) is 5.75 Å². The van der Waals surface area contributed by atoms with Gasteiger partial charge in [0, 0.05) is 37.1 Å². The van der Waals surface area contributed by atoms with Crippen molar-refractivity contribution in [2.24, 2.45) is 5.73 Å². The fourth-order valence-corrected chi connectivity index (χ4v) is 5.55. The zero-order valence-corrected chi connectivity index (χ0v) is 19.9. The van der Waals surface area contributed by atoms with Crippen LogP contribution >= 0.6 is 11.3 Å². The lowest BCUT2D eigenvalue weighted by Crippen LogP contribution is -2.57. The molecule has 0 aliphatic carbocycles. The molecule has 1 saturated heterocycles. The molecular weight excluding hydrogens is 454 g/mol. The Balaban J connectivity index is 1.66. The topological polar surface area (TPSA) is 127 Å². The Morgan fingerprint density at radius 3 is 2.85 bits per heavy atom. The average molecular weight is 480 g/mol. The second-order valence-corrected chi connectivity index (χ2v) is 9.27. The Morgan fingerprint density at radius 1 is 1.29 bits per heavy atom. The number of nitrogens with two attached hydrogens (primary N) is 1. The highest BCUT2D eigenvalue weighted by molar-refractivity contribution is 7.22. The third kappa shape index (κ3) is 3.62. The number of methoxy groups -OCH3 is 1. The van der Waals surface area contributed by atoms with Crippen molar-refractivity contribution in [2.45, 2.75) is 13.0 Å². The molecule has 1 aliphatic heterocycles. The molecule has 4 N–H and O–H groups in total. The predicted octanol–water partition coefficient (Wildman–Crippen LogP) is 1.87. The largest absolute Gasteiger partial charge is 0.495 e. The fourth-order valence-electron chi connectivity index (χ4n) is 4.40. The summed E-state index contributed by atoms with van der Waals surface area (Å²) in [6, 6.07) is 7.49. The van der Waals surface area contributed by atoms with Gasteiger partial charge in [-0.1, -0.05) is 6.07 Å². The summed E-state index contributed by atoms with van der Waals surface area (Å²) >= 11 is 1.59. The highest BCUT2D eigenvalue weighted by Crippen LogP contribution is 2.42. The first-order chi connectivity index (χ1) is 16.4. The maximum atomic E-state index is 13.6. The SMILES string of the molecule is CNc1ncnn2c(C(=O)N3CCNC(C(N)=O)C3)cc(-c3cc4cc(C)cc(OC)c4s3)c12. The van der Waals surface area contributed by atoms with Crippen LogP contribution in [-0.2, 0) is 4.79 Å². The van der Waals surface area contributed by atoms with E-state index in [9.17, 15) is 9.59 Å². The van der Waals surface area contributed by atoms with E-state index in [0.717, 1.165) is 31.8 Å². The van der Waals surface area contributed by atoms with Crippen LogP contribution < -0.4 is 21.1 Å². The quantitative estimate of drug-likeness (QED) is 0.399. The molecule has 0 spiro atoms. The minimum atomic E-state index is -0.579. The number of piperazine rings is 1. The number of primary amides is 1. The summed E-state index contributed by atoms with van der Waals surface area (Å²) in [7, 11) is 3.45. The van der Waals surface area contributed by atoms with Gasteiger partial charge in [-0.15, -0.1) is 11.3 Å². The highest BCUT2D eigenvalue weighted by Gasteiger charge is 2.30. The Morgan fingerprint density at radius 2 is 2.12 bits per heavy atom. The van der Waals surface area contributed by atoms with Crippen molar-refractivity contribution in [2.75, 3.05) is 39.1 Å². The first-order valence-electron chi connectivity index (χ1n) is 10.9. The number of aryl methyl sites for hydroxylation is 1. The lowest BCUT2D eigenvalue weighted by Gasteiger charge is -2.31. The number of rotatable bonds is 5. The number of thiophene rings is 1. The fraction of sp³-hybridized carbons (Fsp3) is 0.304. The summed E-state index contributed by atoms with van der Waals surface area (Å²) in [5.41, 5.74) is 8.52. The van der Waals surface area contributed by atoms with Crippen LogP contribution in [0.15, 0.2) is 30.6 Å². The monoisotopic (exact) mass is 479 g/mol. The van der Waals surface area contributed by atoms with Gasteiger partial charge in [0.05, 0.1) is 11.8 Å². The standard InChI is InChI=1S/C23H25N7O3S/c1-12-6-13-8-18(34-20(13)17(7-12)33-3)14-9-16(30-19(14)22(25-2)27-11-28-30)23(32)29-5-4-26-15(10-29)21(24)31/h6-9,11,15,26H,4-5,10H2,1-3H3,(H2,24,31)(H,25,27,28). The van der Waals surface area contributed by atoms with E-state index in [1.54, 1.807) is 34.9 Å². The number of aromatic nitrogens is 3. The van der Waals surface area contributed by atoms with Gasteiger partial charge in [-0.05, 0) is 36.1 Å². The number of ether oxygens (including phenoxy) is 1. The Bertz CT molecular complexity index is 1430. The number of anilines is 1. The number of hydrogen-bond donors (Lipinski definition) is 3. The number of carbonyl (C=O) groups excluding carboxylic acids is 2. The van der Waals surface area contributed by atoms with Crippen molar-refractivity contribution >= 4 is 44.6 Å². The Kier molecular flexibility index (Phi) is 5.58. The third-order valence-electron chi connectivity index (χ3n) is 6.03. The summed E-state index contributed by atoms with van der Waals surface area (Å²) in [5.74, 6) is 0.728. The molecule has 11 heteroatoms. The van der Waals surface area contributed by atoms with Gasteiger partial charge < -0.3 is 26.0 Å². The lowest BCUT2D eigenvalue weighted by atomic mass is 10.1. The second kappa shape index (κ2) is 8.58. The molecule has 0 bridgehead atoms. The van der Waals surface area contributed by atoms with Gasteiger partial charge in [-0.25, -0.2) is 9.50 Å². The molecule has 4 aromatic rings. The van der Waals surface area contributed by atoms with E-state index in [4.69, 9.17) is 10.5 Å². The zero-order chi connectivity index (χ0) is 24.0. The number of amides is 2. The van der Waals surface area contributed by atoms with Crippen LogP contribution in [0.1, 0.15) is 16.1 Å². The van der Waals surface area contributed by atoms with Crippen LogP contribution in [0.3, 0.4) is 0 Å². The smallest absolute Gasteiger partial charge is 0.272 e. The Labute approximate surface area is 199 Å². The summed E-state index contributed by atoms with van der Waals surface area (Å²) in [6.45, 7) is 3.19. The van der Waals surface area contributed by atoms with Crippen molar-refractivity contribution in [1.82, 2.24) is 24.8 Å². The van der Waals surface area contributed by atoms with Crippen LogP contribution in [0.2, 0.25) is 0 Å². The highest BCUT2D eigenvalue weighted by atomic mass is 32.1. The lowest BCUT2D eigenvalue weighted by molar-refractivity contribution is -0.120. The summed E-state index contributed by atoms with van der Waals surface area (Å²) < 4.78 is 8.25. The minimum Gasteiger partial charge on any atom is -0.495 e. The summed E-state index contributed by atoms with van der Waals surface area (Å²) in [5, 5.41) is 11.6. The van der Waals surface area contributed by atoms with Crippen molar-refractivity contribution in [3.8, 4) is 16.2 Å². The Hall–Kier alpha value is -3.70. The van der Waals surface area contributed by atoms with Crippen molar-refractivity contribution in [3.63, 3.8) is 0 Å². The van der Waals surface area contributed by atoms with Crippen molar-refractivity contribution in [1.29, 1.82) is 0 Å². The number of nitrogens with zero attached hydrogens (tertiary/aromatic N) is 4. The molecule has 176 valence electrons. The molecular formula is C23H25N7O3S. The molecule has 0 saturated carbocycles. The number of fused-ring (bicyclic) bond motifs is 2. The molecule has 1 aromatic carbocycles. The van der Waals surface area contributed by atoms with Gasteiger partial charge in [0.15, 0.2) is 5.82 Å². The second-order valence-electron chi connectivity index (χ2n) is 8.22. The molecule has 34 heavy (non-hydrogen) atoms. The zero-order valence-electron chi connectivity index (χ0n) is 19.1. The molecule has 3 aromatic heterocycles. The number of carbonyl (C=O) groups is 2. The summed E-state index contributed by atoms with van der Waals surface area (Å²) in [6.07, 6.45) is 1.42. The molecule has 1 atom stereocenters. The van der Waals surface area contributed by atoms with Gasteiger partial charge in [0.2, 0.25) is 5.91 Å². The summed E-state index contributed by atoms with van der Waals surface area (Å²) in [4.78, 5) is 32.2. The van der Waals surface area contributed by atoms with E-state index in [-0.39, 0.29) is 12.5 Å². The first-order valence-corrected chi connectivity index (χ1v) is 11.7. The molecule has 1 unspecified atom stereocenters. The van der Waals surface area contributed by atoms with E-state index in [1.165, 1.54) is 6.33 Å². The molecule has 0 radical (unpaired) electrons. The molecule has 4 heterocycles. The van der Waals surface area contributed by atoms with Crippen molar-refractivity contribution < 1.29 is 14.3 Å². The predicted molar refractivity (Wildman–Crippen MR) is 132 cm³/mol. The maximum Gasteiger partial charge on any atom is 0.272 e. The van der Waals surface area contributed by atoms with Crippen LogP contribution in [0.25, 0.3) is 26.0 Å². The number of hydrogen-bond acceptors (Lipinski definition) is 8. The van der Waals surface area contributed by atoms with Gasteiger partial charge >= 0.3 is 0 Å². The van der Waals surface area contributed by atoms with Crippen LogP contribution in [0.4, 0.5) is 5.82 Å². The van der Waals surface area contributed by atoms with Crippen molar-refractivity contribution in [3.05, 3.63) is 41.9 Å². The number of nitrogens with one attached hydrogen (secondary N) is 2. The van der Waals surface area contributed by atoms with Gasteiger partial charge in [0.25, 0.3) is 5.91 Å².